The second-order valence-electron chi connectivity index (χ2n) is 4.28. The van der Waals surface area contributed by atoms with E-state index in [1.165, 1.54) is 0 Å². The third-order valence-electron chi connectivity index (χ3n) is 3.18. The molecule has 0 aliphatic rings. The lowest BCUT2D eigenvalue weighted by Gasteiger charge is -2.24. The molecular weight excluding hydrogens is 244 g/mol. The van der Waals surface area contributed by atoms with Crippen molar-refractivity contribution < 1.29 is 10.2 Å². The quantitative estimate of drug-likeness (QED) is 0.559. The number of benzene rings is 1. The number of nitrogen functional groups attached to an aromatic ring is 1. The van der Waals surface area contributed by atoms with Crippen molar-refractivity contribution in [2.75, 3.05) is 49.4 Å². The van der Waals surface area contributed by atoms with Gasteiger partial charge in [0.05, 0.1) is 24.4 Å². The first-order valence-corrected chi connectivity index (χ1v) is 6.27. The fourth-order valence-corrected chi connectivity index (χ4v) is 2.33. The molecular formula is C13H20N4O2. The molecule has 6 heteroatoms. The van der Waals surface area contributed by atoms with Crippen LogP contribution in [0.2, 0.25) is 0 Å². The summed E-state index contributed by atoms with van der Waals surface area (Å²) < 4.78 is 1.85. The molecule has 1 aromatic heterocycles. The minimum Gasteiger partial charge on any atom is -0.397 e. The Bertz CT molecular complexity index is 547. The number of anilines is 2. The average molecular weight is 264 g/mol. The smallest absolute Gasteiger partial charge is 0.0942 e. The van der Waals surface area contributed by atoms with Crippen molar-refractivity contribution in [3.63, 3.8) is 0 Å². The van der Waals surface area contributed by atoms with Crippen LogP contribution in [0, 0.1) is 0 Å². The molecule has 19 heavy (non-hydrogen) atoms. The van der Waals surface area contributed by atoms with E-state index in [1.807, 2.05) is 41.0 Å². The van der Waals surface area contributed by atoms with Gasteiger partial charge in [-0.2, -0.15) is 0 Å². The van der Waals surface area contributed by atoms with Gasteiger partial charge in [0.25, 0.3) is 0 Å². The molecule has 0 fully saturated rings. The molecule has 0 radical (unpaired) electrons. The van der Waals surface area contributed by atoms with Gasteiger partial charge in [-0.3, -0.25) is 4.68 Å². The molecule has 0 aliphatic carbocycles. The van der Waals surface area contributed by atoms with E-state index in [0.29, 0.717) is 18.8 Å². The number of rotatable bonds is 6. The zero-order valence-corrected chi connectivity index (χ0v) is 11.0. The molecule has 6 nitrogen and oxygen atoms in total. The third-order valence-corrected chi connectivity index (χ3v) is 3.18. The Morgan fingerprint density at radius 2 is 1.89 bits per heavy atom. The van der Waals surface area contributed by atoms with Gasteiger partial charge in [-0.15, -0.1) is 0 Å². The molecule has 5 N–H and O–H groups in total. The number of aliphatic hydroxyl groups excluding tert-OH is 2. The highest BCUT2D eigenvalue weighted by atomic mass is 16.3. The second-order valence-corrected chi connectivity index (χ2v) is 4.28. The number of hydrogen-bond acceptors (Lipinski definition) is 5. The average Bonchev–Trinajstić information content (AvgIpc) is 2.84. The summed E-state index contributed by atoms with van der Waals surface area (Å²) in [6.07, 6.45) is 1.90. The van der Waals surface area contributed by atoms with E-state index in [0.717, 1.165) is 16.6 Å². The molecule has 0 saturated carbocycles. The van der Waals surface area contributed by atoms with Crippen molar-refractivity contribution in [1.29, 1.82) is 0 Å². The molecule has 0 saturated heterocycles. The molecule has 2 rings (SSSR count). The lowest BCUT2D eigenvalue weighted by molar-refractivity contribution is 0.281. The Morgan fingerprint density at radius 1 is 1.21 bits per heavy atom. The number of fused-ring (bicyclic) bond motifs is 1. The predicted molar refractivity (Wildman–Crippen MR) is 78.0 cm³/mol. The van der Waals surface area contributed by atoms with E-state index in [-0.39, 0.29) is 13.2 Å². The maximum absolute atomic E-state index is 9.14. The van der Waals surface area contributed by atoms with E-state index in [9.17, 15) is 0 Å². The minimum atomic E-state index is 0.0403. The zero-order chi connectivity index (χ0) is 13.8. The first kappa shape index (κ1) is 13.5. The second kappa shape index (κ2) is 5.81. The molecule has 0 unspecified atom stereocenters. The summed E-state index contributed by atoms with van der Waals surface area (Å²) in [6, 6.07) is 5.73. The lowest BCUT2D eigenvalue weighted by Crippen LogP contribution is -2.29. The van der Waals surface area contributed by atoms with Gasteiger partial charge in [0.15, 0.2) is 0 Å². The van der Waals surface area contributed by atoms with Crippen LogP contribution in [-0.4, -0.2) is 48.2 Å². The van der Waals surface area contributed by atoms with Crippen LogP contribution in [0.15, 0.2) is 24.4 Å². The van der Waals surface area contributed by atoms with Gasteiger partial charge in [0.2, 0.25) is 0 Å². The molecule has 0 aliphatic heterocycles. The number of nitrogens with one attached hydrogen (secondary N) is 1. The fourth-order valence-electron chi connectivity index (χ4n) is 2.33. The molecule has 0 bridgehead atoms. The van der Waals surface area contributed by atoms with Crippen LogP contribution >= 0.6 is 0 Å². The summed E-state index contributed by atoms with van der Waals surface area (Å²) in [5, 5.41) is 19.3. The van der Waals surface area contributed by atoms with Crippen LogP contribution < -0.4 is 16.1 Å². The van der Waals surface area contributed by atoms with Crippen LogP contribution in [0.1, 0.15) is 0 Å². The van der Waals surface area contributed by atoms with Gasteiger partial charge < -0.3 is 26.3 Å². The molecule has 104 valence electrons. The zero-order valence-electron chi connectivity index (χ0n) is 11.0. The minimum absolute atomic E-state index is 0.0403. The Kier molecular flexibility index (Phi) is 4.13. The molecule has 0 spiro atoms. The summed E-state index contributed by atoms with van der Waals surface area (Å²) >= 11 is 0. The van der Waals surface area contributed by atoms with Gasteiger partial charge in [0.1, 0.15) is 0 Å². The largest absolute Gasteiger partial charge is 0.397 e. The number of aliphatic hydroxyl groups is 2. The van der Waals surface area contributed by atoms with Crippen LogP contribution in [0.5, 0.6) is 0 Å². The topological polar surface area (TPSA) is 86.7 Å². The fraction of sp³-hybridized carbons (Fsp3) is 0.385. The Labute approximate surface area is 112 Å². The highest BCUT2D eigenvalue weighted by Crippen LogP contribution is 2.31. The third kappa shape index (κ3) is 2.45. The molecule has 0 atom stereocenters. The number of hydrogen-bond donors (Lipinski definition) is 4. The normalized spacial score (nSPS) is 10.9. The summed E-state index contributed by atoms with van der Waals surface area (Å²) in [5.41, 5.74) is 11.6. The van der Waals surface area contributed by atoms with Gasteiger partial charge in [-0.25, -0.2) is 0 Å². The first-order chi connectivity index (χ1) is 9.22. The maximum Gasteiger partial charge on any atom is 0.0942 e. The molecule has 2 aromatic rings. The number of nitrogens with zero attached hydrogens (tertiary/aromatic N) is 2. The van der Waals surface area contributed by atoms with E-state index in [4.69, 9.17) is 15.9 Å². The maximum atomic E-state index is 9.14. The lowest BCUT2D eigenvalue weighted by atomic mass is 10.1. The molecule has 0 amide bonds. The highest BCUT2D eigenvalue weighted by Gasteiger charge is 2.13. The van der Waals surface area contributed by atoms with E-state index in [2.05, 4.69) is 5.43 Å². The SMILES string of the molecule is CNn1ccc2c(N(CCO)CCO)ccc(N)c21. The first-order valence-electron chi connectivity index (χ1n) is 6.27. The van der Waals surface area contributed by atoms with Crippen molar-refractivity contribution in [2.24, 2.45) is 0 Å². The Balaban J connectivity index is 2.53. The van der Waals surface area contributed by atoms with Crippen molar-refractivity contribution in [1.82, 2.24) is 4.68 Å². The predicted octanol–water partition coefficient (Wildman–Crippen LogP) is 0.188. The van der Waals surface area contributed by atoms with Gasteiger partial charge in [-0.1, -0.05) is 0 Å². The Hall–Kier alpha value is -1.92. The standard InChI is InChI=1S/C13H20N4O2/c1-15-17-5-4-10-12(3-2-11(14)13(10)17)16(6-8-18)7-9-19/h2-5,15,18-19H,6-9,14H2,1H3. The van der Waals surface area contributed by atoms with Crippen molar-refractivity contribution in [2.45, 2.75) is 0 Å². The van der Waals surface area contributed by atoms with Crippen LogP contribution in [-0.2, 0) is 0 Å². The van der Waals surface area contributed by atoms with Crippen LogP contribution in [0.25, 0.3) is 10.9 Å². The van der Waals surface area contributed by atoms with E-state index in [1.54, 1.807) is 0 Å². The summed E-state index contributed by atoms with van der Waals surface area (Å²) in [5.74, 6) is 0. The number of nitrogens with two attached hydrogens (primary N) is 1. The van der Waals surface area contributed by atoms with Crippen LogP contribution in [0.4, 0.5) is 11.4 Å². The molecule has 1 heterocycles. The van der Waals surface area contributed by atoms with Gasteiger partial charge in [0, 0.05) is 37.4 Å². The Morgan fingerprint density at radius 3 is 2.47 bits per heavy atom. The van der Waals surface area contributed by atoms with Crippen LogP contribution in [0.3, 0.4) is 0 Å². The summed E-state index contributed by atoms with van der Waals surface area (Å²) in [7, 11) is 1.82. The molecule has 1 aromatic carbocycles. The van der Waals surface area contributed by atoms with E-state index >= 15 is 0 Å². The highest BCUT2D eigenvalue weighted by molar-refractivity contribution is 6.00. The van der Waals surface area contributed by atoms with E-state index < -0.39 is 0 Å². The van der Waals surface area contributed by atoms with Gasteiger partial charge >= 0.3 is 0 Å². The monoisotopic (exact) mass is 264 g/mol. The van der Waals surface area contributed by atoms with Crippen molar-refractivity contribution in [3.8, 4) is 0 Å². The van der Waals surface area contributed by atoms with Gasteiger partial charge in [-0.05, 0) is 18.2 Å². The van der Waals surface area contributed by atoms with Crippen molar-refractivity contribution >= 4 is 22.3 Å². The van der Waals surface area contributed by atoms with Crippen molar-refractivity contribution in [3.05, 3.63) is 24.4 Å². The summed E-state index contributed by atoms with van der Waals surface area (Å²) in [4.78, 5) is 1.95. The number of aromatic nitrogens is 1. The summed E-state index contributed by atoms with van der Waals surface area (Å²) in [6.45, 7) is 1.03.